The van der Waals surface area contributed by atoms with Gasteiger partial charge in [-0.1, -0.05) is 18.9 Å². The standard InChI is InChI=1S/C24H33N5O/c1-2-15-29-22-8-7-20(26-14-11-19-9-12-25-13-10-19)18-21(22)23(27-29)24(30)28-16-5-3-4-6-17-28/h2,9-10,12-13,20,26H,1,3-8,11,14-18H2. The predicted octanol–water partition coefficient (Wildman–Crippen LogP) is 3.17. The molecule has 0 bridgehead atoms. The number of fused-ring (bicyclic) bond motifs is 1. The fourth-order valence-electron chi connectivity index (χ4n) is 4.70. The molecule has 6 nitrogen and oxygen atoms in total. The number of hydrogen-bond donors (Lipinski definition) is 1. The van der Waals surface area contributed by atoms with Crippen LogP contribution >= 0.6 is 0 Å². The molecule has 4 rings (SSSR count). The summed E-state index contributed by atoms with van der Waals surface area (Å²) in [5.41, 5.74) is 4.35. The number of nitrogens with zero attached hydrogens (tertiary/aromatic N) is 4. The van der Waals surface area contributed by atoms with Crippen molar-refractivity contribution in [2.75, 3.05) is 19.6 Å². The van der Waals surface area contributed by atoms with Gasteiger partial charge in [-0.15, -0.1) is 6.58 Å². The summed E-state index contributed by atoms with van der Waals surface area (Å²) < 4.78 is 2.00. The number of hydrogen-bond acceptors (Lipinski definition) is 4. The van der Waals surface area contributed by atoms with E-state index in [1.165, 1.54) is 24.1 Å². The van der Waals surface area contributed by atoms with Gasteiger partial charge < -0.3 is 10.2 Å². The second kappa shape index (κ2) is 10.0. The summed E-state index contributed by atoms with van der Waals surface area (Å²) in [6.45, 7) is 7.18. The number of carbonyl (C=O) groups is 1. The summed E-state index contributed by atoms with van der Waals surface area (Å²) >= 11 is 0. The highest BCUT2D eigenvalue weighted by Gasteiger charge is 2.31. The maximum atomic E-state index is 13.3. The zero-order chi connectivity index (χ0) is 20.8. The van der Waals surface area contributed by atoms with E-state index >= 15 is 0 Å². The van der Waals surface area contributed by atoms with Gasteiger partial charge in [0.15, 0.2) is 5.69 Å². The van der Waals surface area contributed by atoms with Crippen molar-refractivity contribution in [1.82, 2.24) is 25.0 Å². The maximum absolute atomic E-state index is 13.3. The lowest BCUT2D eigenvalue weighted by molar-refractivity contribution is 0.0753. The van der Waals surface area contributed by atoms with Crippen molar-refractivity contribution in [2.45, 2.75) is 64.0 Å². The van der Waals surface area contributed by atoms with Gasteiger partial charge in [0.2, 0.25) is 0 Å². The largest absolute Gasteiger partial charge is 0.337 e. The molecule has 1 aliphatic heterocycles. The second-order valence-corrected chi connectivity index (χ2v) is 8.45. The van der Waals surface area contributed by atoms with Crippen molar-refractivity contribution < 1.29 is 4.79 Å². The van der Waals surface area contributed by atoms with Gasteiger partial charge in [-0.2, -0.15) is 5.10 Å². The molecule has 0 spiro atoms. The molecule has 1 aliphatic carbocycles. The smallest absolute Gasteiger partial charge is 0.274 e. The number of pyridine rings is 1. The molecule has 1 unspecified atom stereocenters. The normalized spacial score (nSPS) is 19.2. The molecule has 0 saturated carbocycles. The lowest BCUT2D eigenvalue weighted by atomic mass is 9.91. The summed E-state index contributed by atoms with van der Waals surface area (Å²) in [4.78, 5) is 19.5. The lowest BCUT2D eigenvalue weighted by Gasteiger charge is -2.25. The monoisotopic (exact) mass is 407 g/mol. The van der Waals surface area contributed by atoms with Gasteiger partial charge >= 0.3 is 0 Å². The van der Waals surface area contributed by atoms with Crippen molar-refractivity contribution in [3.8, 4) is 0 Å². The first kappa shape index (κ1) is 20.8. The van der Waals surface area contributed by atoms with Crippen LogP contribution in [-0.2, 0) is 25.8 Å². The van der Waals surface area contributed by atoms with Crippen LogP contribution in [0.25, 0.3) is 0 Å². The first-order chi connectivity index (χ1) is 14.8. The Labute approximate surface area is 179 Å². The van der Waals surface area contributed by atoms with E-state index in [4.69, 9.17) is 5.10 Å². The predicted molar refractivity (Wildman–Crippen MR) is 119 cm³/mol. The molecule has 0 aromatic carbocycles. The Hall–Kier alpha value is -2.47. The Morgan fingerprint density at radius 3 is 2.70 bits per heavy atom. The molecular weight excluding hydrogens is 374 g/mol. The van der Waals surface area contributed by atoms with Crippen LogP contribution in [0.1, 0.15) is 59.4 Å². The Morgan fingerprint density at radius 2 is 1.97 bits per heavy atom. The minimum absolute atomic E-state index is 0.119. The van der Waals surface area contributed by atoms with Crippen LogP contribution in [0, 0.1) is 0 Å². The number of amides is 1. The fraction of sp³-hybridized carbons (Fsp3) is 0.542. The van der Waals surface area contributed by atoms with Crippen molar-refractivity contribution >= 4 is 5.91 Å². The Kier molecular flexibility index (Phi) is 6.95. The van der Waals surface area contributed by atoms with E-state index in [9.17, 15) is 4.79 Å². The van der Waals surface area contributed by atoms with E-state index in [0.29, 0.717) is 18.3 Å². The minimum Gasteiger partial charge on any atom is -0.337 e. The molecular formula is C24H33N5O. The molecule has 30 heavy (non-hydrogen) atoms. The quantitative estimate of drug-likeness (QED) is 0.716. The SMILES string of the molecule is C=CCn1nc(C(=O)N2CCCCCC2)c2c1CCC(NCCc1ccncc1)C2. The summed E-state index contributed by atoms with van der Waals surface area (Å²) in [6.07, 6.45) is 14.1. The third-order valence-corrected chi connectivity index (χ3v) is 6.34. The van der Waals surface area contributed by atoms with E-state index in [2.05, 4.69) is 29.0 Å². The molecule has 1 amide bonds. The molecule has 1 fully saturated rings. The first-order valence-electron chi connectivity index (χ1n) is 11.4. The van der Waals surface area contributed by atoms with Crippen molar-refractivity contribution in [2.24, 2.45) is 0 Å². The van der Waals surface area contributed by atoms with E-state index < -0.39 is 0 Å². The zero-order valence-electron chi connectivity index (χ0n) is 17.9. The summed E-state index contributed by atoms with van der Waals surface area (Å²) in [5.74, 6) is 0.119. The molecule has 6 heteroatoms. The Morgan fingerprint density at radius 1 is 1.20 bits per heavy atom. The number of nitrogens with one attached hydrogen (secondary N) is 1. The lowest BCUT2D eigenvalue weighted by Crippen LogP contribution is -2.37. The zero-order valence-corrected chi connectivity index (χ0v) is 17.9. The molecule has 0 radical (unpaired) electrons. The third kappa shape index (κ3) is 4.81. The molecule has 2 aliphatic rings. The fourth-order valence-corrected chi connectivity index (χ4v) is 4.70. The van der Waals surface area contributed by atoms with E-state index in [0.717, 1.165) is 63.7 Å². The van der Waals surface area contributed by atoms with E-state index in [-0.39, 0.29) is 5.91 Å². The first-order valence-corrected chi connectivity index (χ1v) is 11.4. The number of rotatable bonds is 7. The molecule has 2 aromatic heterocycles. The van der Waals surface area contributed by atoms with Gasteiger partial charge in [0.05, 0.1) is 6.54 Å². The highest BCUT2D eigenvalue weighted by molar-refractivity contribution is 5.94. The Balaban J connectivity index is 1.46. The molecule has 2 aromatic rings. The molecule has 3 heterocycles. The average Bonchev–Trinajstić information content (AvgIpc) is 2.93. The van der Waals surface area contributed by atoms with Crippen LogP contribution in [0.2, 0.25) is 0 Å². The van der Waals surface area contributed by atoms with Gasteiger partial charge in [0.1, 0.15) is 0 Å². The highest BCUT2D eigenvalue weighted by Crippen LogP contribution is 2.27. The van der Waals surface area contributed by atoms with Crippen LogP contribution in [-0.4, -0.2) is 51.2 Å². The summed E-state index contributed by atoms with van der Waals surface area (Å²) in [7, 11) is 0. The molecule has 1 atom stereocenters. The second-order valence-electron chi connectivity index (χ2n) is 8.45. The van der Waals surface area contributed by atoms with Crippen molar-refractivity contribution in [3.63, 3.8) is 0 Å². The van der Waals surface area contributed by atoms with Gasteiger partial charge in [-0.3, -0.25) is 14.5 Å². The van der Waals surface area contributed by atoms with Crippen LogP contribution in [0.3, 0.4) is 0 Å². The van der Waals surface area contributed by atoms with Crippen LogP contribution < -0.4 is 5.32 Å². The van der Waals surface area contributed by atoms with Gasteiger partial charge in [-0.25, -0.2) is 0 Å². The molecule has 1 N–H and O–H groups in total. The van der Waals surface area contributed by atoms with Crippen LogP contribution in [0.15, 0.2) is 37.2 Å². The summed E-state index contributed by atoms with van der Waals surface area (Å²) in [5, 5.41) is 8.47. The van der Waals surface area contributed by atoms with Crippen molar-refractivity contribution in [3.05, 3.63) is 59.7 Å². The van der Waals surface area contributed by atoms with Gasteiger partial charge in [0, 0.05) is 42.8 Å². The number of allylic oxidation sites excluding steroid dienone is 1. The van der Waals surface area contributed by atoms with Crippen LogP contribution in [0.5, 0.6) is 0 Å². The average molecular weight is 408 g/mol. The van der Waals surface area contributed by atoms with Gasteiger partial charge in [-0.05, 0) is 62.8 Å². The van der Waals surface area contributed by atoms with E-state index in [1.807, 2.05) is 28.1 Å². The van der Waals surface area contributed by atoms with Crippen LogP contribution in [0.4, 0.5) is 0 Å². The number of carbonyl (C=O) groups excluding carboxylic acids is 1. The maximum Gasteiger partial charge on any atom is 0.274 e. The molecule has 1 saturated heterocycles. The summed E-state index contributed by atoms with van der Waals surface area (Å²) in [6, 6.07) is 4.52. The minimum atomic E-state index is 0.119. The number of likely N-dealkylation sites (tertiary alicyclic amines) is 1. The van der Waals surface area contributed by atoms with Gasteiger partial charge in [0.25, 0.3) is 5.91 Å². The van der Waals surface area contributed by atoms with Crippen molar-refractivity contribution in [1.29, 1.82) is 0 Å². The molecule has 160 valence electrons. The third-order valence-electron chi connectivity index (χ3n) is 6.34. The highest BCUT2D eigenvalue weighted by atomic mass is 16.2. The Bertz CT molecular complexity index is 852. The number of aromatic nitrogens is 3. The topological polar surface area (TPSA) is 63.1 Å². The van der Waals surface area contributed by atoms with E-state index in [1.54, 1.807) is 0 Å².